The van der Waals surface area contributed by atoms with Crippen molar-refractivity contribution >= 4 is 12.0 Å². The zero-order valence-electron chi connectivity index (χ0n) is 11.2. The van der Waals surface area contributed by atoms with Gasteiger partial charge in [0.05, 0.1) is 31.4 Å². The Kier molecular flexibility index (Phi) is 3.44. The van der Waals surface area contributed by atoms with E-state index in [0.29, 0.717) is 19.4 Å². The maximum atomic E-state index is 12.1. The van der Waals surface area contributed by atoms with E-state index in [9.17, 15) is 14.7 Å². The van der Waals surface area contributed by atoms with E-state index >= 15 is 0 Å². The molecule has 3 N–H and O–H groups in total. The summed E-state index contributed by atoms with van der Waals surface area (Å²) in [6.45, 7) is 4.13. The van der Waals surface area contributed by atoms with Gasteiger partial charge in [0.15, 0.2) is 0 Å². The maximum absolute atomic E-state index is 12.1. The van der Waals surface area contributed by atoms with Crippen molar-refractivity contribution in [2.75, 3.05) is 19.7 Å². The molecule has 2 fully saturated rings. The van der Waals surface area contributed by atoms with Gasteiger partial charge in [-0.2, -0.15) is 0 Å². The van der Waals surface area contributed by atoms with Crippen LogP contribution in [-0.2, 0) is 9.53 Å². The average molecular weight is 272 g/mol. The molecule has 1 saturated heterocycles. The van der Waals surface area contributed by atoms with E-state index in [1.54, 1.807) is 0 Å². The fourth-order valence-corrected chi connectivity index (χ4v) is 2.35. The number of ether oxygens (including phenoxy) is 1. The van der Waals surface area contributed by atoms with Gasteiger partial charge in [0.1, 0.15) is 5.54 Å². The van der Waals surface area contributed by atoms with Crippen LogP contribution in [0.25, 0.3) is 0 Å². The van der Waals surface area contributed by atoms with Crippen LogP contribution >= 0.6 is 0 Å². The normalized spacial score (nSPS) is 27.7. The van der Waals surface area contributed by atoms with Gasteiger partial charge in [-0.05, 0) is 26.7 Å². The SMILES string of the molecule is CC1(C)CN(C(=O)NC2(C(=O)O)CC2)CC(CO)O1. The fourth-order valence-electron chi connectivity index (χ4n) is 2.35. The molecule has 1 heterocycles. The molecule has 0 radical (unpaired) electrons. The molecule has 7 nitrogen and oxygen atoms in total. The van der Waals surface area contributed by atoms with Crippen LogP contribution < -0.4 is 5.32 Å². The lowest BCUT2D eigenvalue weighted by Crippen LogP contribution is -2.59. The van der Waals surface area contributed by atoms with Gasteiger partial charge in [0, 0.05) is 0 Å². The van der Waals surface area contributed by atoms with Crippen LogP contribution in [0.2, 0.25) is 0 Å². The molecule has 1 aliphatic heterocycles. The Morgan fingerprint density at radius 2 is 2.05 bits per heavy atom. The molecule has 1 aliphatic carbocycles. The summed E-state index contributed by atoms with van der Waals surface area (Å²) in [6.07, 6.45) is 0.491. The number of rotatable bonds is 3. The molecule has 0 aromatic carbocycles. The van der Waals surface area contributed by atoms with Gasteiger partial charge >= 0.3 is 12.0 Å². The molecule has 1 unspecified atom stereocenters. The Morgan fingerprint density at radius 3 is 2.53 bits per heavy atom. The molecule has 2 amide bonds. The van der Waals surface area contributed by atoms with E-state index in [4.69, 9.17) is 9.84 Å². The number of urea groups is 1. The van der Waals surface area contributed by atoms with Gasteiger partial charge in [-0.3, -0.25) is 0 Å². The third-order valence-electron chi connectivity index (χ3n) is 3.48. The lowest BCUT2D eigenvalue weighted by molar-refractivity contribution is -0.142. The molecular weight excluding hydrogens is 252 g/mol. The molecule has 108 valence electrons. The summed E-state index contributed by atoms with van der Waals surface area (Å²) >= 11 is 0. The first-order valence-electron chi connectivity index (χ1n) is 6.37. The van der Waals surface area contributed by atoms with Crippen LogP contribution in [0.1, 0.15) is 26.7 Å². The summed E-state index contributed by atoms with van der Waals surface area (Å²) < 4.78 is 5.61. The number of aliphatic hydroxyl groups is 1. The van der Waals surface area contributed by atoms with E-state index < -0.39 is 29.2 Å². The van der Waals surface area contributed by atoms with Crippen molar-refractivity contribution in [3.8, 4) is 0 Å². The van der Waals surface area contributed by atoms with Crippen LogP contribution in [0.15, 0.2) is 0 Å². The number of nitrogens with zero attached hydrogens (tertiary/aromatic N) is 1. The average Bonchev–Trinajstić information content (AvgIpc) is 3.07. The molecule has 0 bridgehead atoms. The highest BCUT2D eigenvalue weighted by molar-refractivity contribution is 5.89. The summed E-state index contributed by atoms with van der Waals surface area (Å²) in [5.41, 5.74) is -1.64. The Balaban J connectivity index is 2.00. The minimum absolute atomic E-state index is 0.169. The number of carboxylic acid groups (broad SMARTS) is 1. The molecule has 0 aromatic rings. The molecule has 1 saturated carbocycles. The number of aliphatic hydroxyl groups excluding tert-OH is 1. The summed E-state index contributed by atoms with van der Waals surface area (Å²) in [5.74, 6) is -0.993. The van der Waals surface area contributed by atoms with Crippen molar-refractivity contribution in [1.82, 2.24) is 10.2 Å². The molecule has 2 rings (SSSR count). The predicted molar refractivity (Wildman–Crippen MR) is 65.7 cm³/mol. The largest absolute Gasteiger partial charge is 0.480 e. The zero-order valence-corrected chi connectivity index (χ0v) is 11.2. The molecule has 0 aromatic heterocycles. The number of carbonyl (C=O) groups excluding carboxylic acids is 1. The molecule has 7 heteroatoms. The quantitative estimate of drug-likeness (QED) is 0.660. The summed E-state index contributed by atoms with van der Waals surface area (Å²) in [6, 6.07) is -0.408. The highest BCUT2D eigenvalue weighted by atomic mass is 16.5. The Bertz CT molecular complexity index is 392. The monoisotopic (exact) mass is 272 g/mol. The van der Waals surface area contributed by atoms with Gasteiger partial charge in [0.25, 0.3) is 0 Å². The lowest BCUT2D eigenvalue weighted by Gasteiger charge is -2.42. The minimum Gasteiger partial charge on any atom is -0.480 e. The van der Waals surface area contributed by atoms with Crippen LogP contribution in [-0.4, -0.2) is 64.1 Å². The second kappa shape index (κ2) is 4.64. The molecule has 1 atom stereocenters. The van der Waals surface area contributed by atoms with Gasteiger partial charge in [-0.25, -0.2) is 9.59 Å². The van der Waals surface area contributed by atoms with Crippen molar-refractivity contribution in [3.63, 3.8) is 0 Å². The van der Waals surface area contributed by atoms with Crippen molar-refractivity contribution in [1.29, 1.82) is 0 Å². The summed E-state index contributed by atoms with van der Waals surface area (Å²) in [7, 11) is 0. The first-order valence-corrected chi connectivity index (χ1v) is 6.37. The highest BCUT2D eigenvalue weighted by Gasteiger charge is 2.52. The maximum Gasteiger partial charge on any atom is 0.329 e. The molecule has 19 heavy (non-hydrogen) atoms. The van der Waals surface area contributed by atoms with Crippen molar-refractivity contribution < 1.29 is 24.5 Å². The van der Waals surface area contributed by atoms with Gasteiger partial charge in [0.2, 0.25) is 0 Å². The van der Waals surface area contributed by atoms with Gasteiger partial charge < -0.3 is 25.2 Å². The fraction of sp³-hybridized carbons (Fsp3) is 0.833. The number of hydrogen-bond donors (Lipinski definition) is 3. The molecule has 2 aliphatic rings. The third-order valence-corrected chi connectivity index (χ3v) is 3.48. The number of amides is 2. The molecular formula is C12H20N2O5. The van der Waals surface area contributed by atoms with Crippen LogP contribution in [0.3, 0.4) is 0 Å². The van der Waals surface area contributed by atoms with Gasteiger partial charge in [-0.1, -0.05) is 0 Å². The molecule has 0 spiro atoms. The number of hydrogen-bond acceptors (Lipinski definition) is 4. The lowest BCUT2D eigenvalue weighted by atomic mass is 10.1. The number of morpholine rings is 1. The number of carboxylic acids is 1. The zero-order chi connectivity index (χ0) is 14.3. The predicted octanol–water partition coefficient (Wildman–Crippen LogP) is -0.215. The second-order valence-corrected chi connectivity index (χ2v) is 5.88. The van der Waals surface area contributed by atoms with E-state index in [2.05, 4.69) is 5.32 Å². The standard InChI is InChI=1S/C12H20N2O5/c1-11(2)7-14(5-8(6-15)19-11)10(18)13-12(3-4-12)9(16)17/h8,15H,3-7H2,1-2H3,(H,13,18)(H,16,17). The summed E-state index contributed by atoms with van der Waals surface area (Å²) in [5, 5.41) is 20.8. The van der Waals surface area contributed by atoms with Crippen LogP contribution in [0, 0.1) is 0 Å². The van der Waals surface area contributed by atoms with E-state index in [1.165, 1.54) is 4.90 Å². The van der Waals surface area contributed by atoms with E-state index in [0.717, 1.165) is 0 Å². The number of nitrogens with one attached hydrogen (secondary N) is 1. The minimum atomic E-state index is -1.09. The third kappa shape index (κ3) is 2.98. The Morgan fingerprint density at radius 1 is 1.42 bits per heavy atom. The first-order chi connectivity index (χ1) is 8.78. The van der Waals surface area contributed by atoms with Crippen molar-refractivity contribution in [2.24, 2.45) is 0 Å². The topological polar surface area (TPSA) is 99.1 Å². The van der Waals surface area contributed by atoms with E-state index in [1.807, 2.05) is 13.8 Å². The summed E-state index contributed by atoms with van der Waals surface area (Å²) in [4.78, 5) is 24.7. The first kappa shape index (κ1) is 14.1. The smallest absolute Gasteiger partial charge is 0.329 e. The van der Waals surface area contributed by atoms with Gasteiger partial charge in [-0.15, -0.1) is 0 Å². The highest BCUT2D eigenvalue weighted by Crippen LogP contribution is 2.36. The Labute approximate surface area is 111 Å². The Hall–Kier alpha value is -1.34. The van der Waals surface area contributed by atoms with Crippen LogP contribution in [0.5, 0.6) is 0 Å². The van der Waals surface area contributed by atoms with Crippen LogP contribution in [0.4, 0.5) is 4.79 Å². The second-order valence-electron chi connectivity index (χ2n) is 5.88. The van der Waals surface area contributed by atoms with Crippen molar-refractivity contribution in [2.45, 2.75) is 43.9 Å². The van der Waals surface area contributed by atoms with Crippen molar-refractivity contribution in [3.05, 3.63) is 0 Å². The number of aliphatic carboxylic acids is 1. The number of carbonyl (C=O) groups is 2. The van der Waals surface area contributed by atoms with E-state index in [-0.39, 0.29) is 13.2 Å².